The molecule has 0 saturated carbocycles. The highest BCUT2D eigenvalue weighted by atomic mass is 35.5. The van der Waals surface area contributed by atoms with Gasteiger partial charge in [-0.25, -0.2) is 0 Å². The van der Waals surface area contributed by atoms with Gasteiger partial charge in [0.1, 0.15) is 10.3 Å². The van der Waals surface area contributed by atoms with E-state index in [-0.39, 0.29) is 0 Å². The molecule has 0 aliphatic carbocycles. The van der Waals surface area contributed by atoms with Crippen molar-refractivity contribution in [2.45, 2.75) is 6.42 Å². The highest BCUT2D eigenvalue weighted by Crippen LogP contribution is 2.06. The van der Waals surface area contributed by atoms with Gasteiger partial charge in [0.15, 0.2) is 0 Å². The molecule has 0 atom stereocenters. The van der Waals surface area contributed by atoms with Crippen molar-refractivity contribution < 1.29 is 0 Å². The molecule has 21 heavy (non-hydrogen) atoms. The highest BCUT2D eigenvalue weighted by Gasteiger charge is 1.98. The fourth-order valence-electron chi connectivity index (χ4n) is 1.76. The van der Waals surface area contributed by atoms with Crippen LogP contribution >= 0.6 is 23.2 Å². The Morgan fingerprint density at radius 3 is 1.43 bits per heavy atom. The fourth-order valence-corrected chi connectivity index (χ4v) is 2.18. The van der Waals surface area contributed by atoms with Crippen molar-refractivity contribution in [3.05, 3.63) is 71.8 Å². The Bertz CT molecular complexity index is 552. The van der Waals surface area contributed by atoms with Crippen LogP contribution in [0.1, 0.15) is 17.5 Å². The maximum Gasteiger partial charge on any atom is 0.130 e. The van der Waals surface area contributed by atoms with E-state index >= 15 is 0 Å². The second kappa shape index (κ2) is 8.60. The molecule has 0 aliphatic rings. The first kappa shape index (κ1) is 15.7. The van der Waals surface area contributed by atoms with Gasteiger partial charge in [-0.2, -0.15) is 0 Å². The monoisotopic (exact) mass is 318 g/mol. The van der Waals surface area contributed by atoms with Crippen molar-refractivity contribution in [3.8, 4) is 0 Å². The quantitative estimate of drug-likeness (QED) is 0.542. The lowest BCUT2D eigenvalue weighted by Crippen LogP contribution is -1.96. The molecular weight excluding hydrogens is 303 g/mol. The van der Waals surface area contributed by atoms with Gasteiger partial charge in [0.2, 0.25) is 0 Å². The molecule has 0 heterocycles. The van der Waals surface area contributed by atoms with E-state index in [9.17, 15) is 0 Å². The zero-order valence-electron chi connectivity index (χ0n) is 11.5. The Labute approximate surface area is 135 Å². The van der Waals surface area contributed by atoms with Crippen molar-refractivity contribution in [1.29, 1.82) is 0 Å². The predicted octanol–water partition coefficient (Wildman–Crippen LogP) is 4.75. The van der Waals surface area contributed by atoms with Crippen LogP contribution in [0.4, 0.5) is 0 Å². The third-order valence-corrected chi connectivity index (χ3v) is 3.52. The topological polar surface area (TPSA) is 24.7 Å². The van der Waals surface area contributed by atoms with Gasteiger partial charge < -0.3 is 0 Å². The van der Waals surface area contributed by atoms with E-state index in [4.69, 9.17) is 23.2 Å². The Hall–Kier alpha value is -1.64. The molecule has 2 rings (SSSR count). The van der Waals surface area contributed by atoms with Crippen molar-refractivity contribution in [2.24, 2.45) is 9.98 Å². The summed E-state index contributed by atoms with van der Waals surface area (Å²) in [6.45, 7) is 1.27. The second-order valence-corrected chi connectivity index (χ2v) is 5.15. The summed E-state index contributed by atoms with van der Waals surface area (Å²) in [7, 11) is 0. The number of hydrogen-bond donors (Lipinski definition) is 0. The zero-order valence-corrected chi connectivity index (χ0v) is 13.1. The Morgan fingerprint density at radius 1 is 0.667 bits per heavy atom. The molecule has 2 aromatic rings. The molecule has 0 radical (unpaired) electrons. The Morgan fingerprint density at radius 2 is 1.05 bits per heavy atom. The van der Waals surface area contributed by atoms with Gasteiger partial charge in [-0.1, -0.05) is 83.9 Å². The summed E-state index contributed by atoms with van der Waals surface area (Å²) >= 11 is 12.3. The summed E-state index contributed by atoms with van der Waals surface area (Å²) in [6, 6.07) is 19.4. The number of rotatable bonds is 6. The number of halogens is 2. The van der Waals surface area contributed by atoms with Gasteiger partial charge in [0.05, 0.1) is 0 Å². The molecule has 0 saturated heterocycles. The smallest absolute Gasteiger partial charge is 0.130 e. The molecule has 0 aromatic heterocycles. The molecule has 0 spiro atoms. The minimum atomic E-state index is 0.536. The van der Waals surface area contributed by atoms with Crippen LogP contribution in [0.5, 0.6) is 0 Å². The van der Waals surface area contributed by atoms with Crippen LogP contribution in [0.2, 0.25) is 0 Å². The summed E-state index contributed by atoms with van der Waals surface area (Å²) in [4.78, 5) is 8.67. The van der Waals surface area contributed by atoms with E-state index in [1.165, 1.54) is 0 Å². The lowest BCUT2D eigenvalue weighted by molar-refractivity contribution is 0.849. The maximum absolute atomic E-state index is 6.13. The van der Waals surface area contributed by atoms with Crippen LogP contribution in [0, 0.1) is 0 Å². The van der Waals surface area contributed by atoms with Crippen LogP contribution in [0.25, 0.3) is 0 Å². The van der Waals surface area contributed by atoms with Crippen LogP contribution in [0.3, 0.4) is 0 Å². The van der Waals surface area contributed by atoms with Gasteiger partial charge in [-0.05, 0) is 6.42 Å². The van der Waals surface area contributed by atoms with Gasteiger partial charge in [-0.3, -0.25) is 9.98 Å². The lowest BCUT2D eigenvalue weighted by Gasteiger charge is -1.99. The number of hydrogen-bond acceptors (Lipinski definition) is 2. The SMILES string of the molecule is Cl/C(=N\CCC/N=C(\Cl)c1ccccc1)c1ccccc1. The average Bonchev–Trinajstić information content (AvgIpc) is 2.55. The van der Waals surface area contributed by atoms with Crippen molar-refractivity contribution >= 4 is 33.5 Å². The van der Waals surface area contributed by atoms with Gasteiger partial charge in [-0.15, -0.1) is 0 Å². The molecule has 0 amide bonds. The highest BCUT2D eigenvalue weighted by molar-refractivity contribution is 6.70. The molecule has 2 nitrogen and oxygen atoms in total. The van der Waals surface area contributed by atoms with Crippen molar-refractivity contribution in [1.82, 2.24) is 0 Å². The van der Waals surface area contributed by atoms with Gasteiger partial charge >= 0.3 is 0 Å². The summed E-state index contributed by atoms with van der Waals surface area (Å²) < 4.78 is 0. The van der Waals surface area contributed by atoms with Crippen LogP contribution in [-0.2, 0) is 0 Å². The first-order valence-electron chi connectivity index (χ1n) is 6.78. The van der Waals surface area contributed by atoms with Crippen LogP contribution < -0.4 is 0 Å². The number of nitrogens with zero attached hydrogens (tertiary/aromatic N) is 2. The fraction of sp³-hybridized carbons (Fsp3) is 0.176. The number of benzene rings is 2. The molecule has 0 unspecified atom stereocenters. The van der Waals surface area contributed by atoms with E-state index in [0.29, 0.717) is 23.4 Å². The first-order valence-corrected chi connectivity index (χ1v) is 7.53. The predicted molar refractivity (Wildman–Crippen MR) is 92.0 cm³/mol. The Kier molecular flexibility index (Phi) is 6.45. The van der Waals surface area contributed by atoms with Gasteiger partial charge in [0.25, 0.3) is 0 Å². The average molecular weight is 319 g/mol. The molecule has 4 heteroatoms. The summed E-state index contributed by atoms with van der Waals surface area (Å²) in [5.41, 5.74) is 1.87. The van der Waals surface area contributed by atoms with E-state index in [2.05, 4.69) is 9.98 Å². The standard InChI is InChI=1S/C17H16Cl2N2/c18-16(14-8-3-1-4-9-14)20-12-7-13-21-17(19)15-10-5-2-6-11-15/h1-6,8-11H,7,12-13H2/b20-16-,21-17-. The molecule has 0 aliphatic heterocycles. The van der Waals surface area contributed by atoms with Crippen LogP contribution in [-0.4, -0.2) is 23.4 Å². The van der Waals surface area contributed by atoms with Gasteiger partial charge in [0, 0.05) is 24.2 Å². The third-order valence-electron chi connectivity index (χ3n) is 2.84. The maximum atomic E-state index is 6.13. The van der Waals surface area contributed by atoms with Crippen molar-refractivity contribution in [3.63, 3.8) is 0 Å². The molecule has 0 bridgehead atoms. The molecule has 2 aromatic carbocycles. The van der Waals surface area contributed by atoms with E-state index in [1.807, 2.05) is 60.7 Å². The van der Waals surface area contributed by atoms with E-state index in [1.54, 1.807) is 0 Å². The minimum absolute atomic E-state index is 0.536. The summed E-state index contributed by atoms with van der Waals surface area (Å²) in [5.74, 6) is 0. The van der Waals surface area contributed by atoms with Crippen molar-refractivity contribution in [2.75, 3.05) is 13.1 Å². The summed E-state index contributed by atoms with van der Waals surface area (Å²) in [5, 5.41) is 1.07. The number of aliphatic imine (C=N–C) groups is 2. The summed E-state index contributed by atoms with van der Waals surface area (Å²) in [6.07, 6.45) is 0.812. The first-order chi connectivity index (χ1) is 10.3. The van der Waals surface area contributed by atoms with E-state index in [0.717, 1.165) is 17.5 Å². The third kappa shape index (κ3) is 5.33. The minimum Gasteiger partial charge on any atom is -0.273 e. The normalized spacial score (nSPS) is 12.5. The second-order valence-electron chi connectivity index (χ2n) is 4.43. The zero-order chi connectivity index (χ0) is 14.9. The molecule has 0 N–H and O–H groups in total. The molecular formula is C17H16Cl2N2. The molecule has 108 valence electrons. The largest absolute Gasteiger partial charge is 0.273 e. The van der Waals surface area contributed by atoms with Crippen LogP contribution in [0.15, 0.2) is 70.6 Å². The lowest BCUT2D eigenvalue weighted by atomic mass is 10.2. The molecule has 0 fully saturated rings. The van der Waals surface area contributed by atoms with E-state index < -0.39 is 0 Å². The Balaban J connectivity index is 1.80.